The lowest BCUT2D eigenvalue weighted by atomic mass is 9.74. The Balaban J connectivity index is 1.48. The molecule has 0 radical (unpaired) electrons. The molecule has 2 spiro atoms. The van der Waals surface area contributed by atoms with Gasteiger partial charge >= 0.3 is 12.2 Å². The Hall–Kier alpha value is -3.00. The summed E-state index contributed by atoms with van der Waals surface area (Å²) in [5.41, 5.74) is 0.105. The number of amides is 2. The molecule has 1 aliphatic carbocycles. The number of rotatable bonds is 5. The number of ether oxygens (including phenoxy) is 5. The zero-order chi connectivity index (χ0) is 32.6. The van der Waals surface area contributed by atoms with Gasteiger partial charge in [-0.05, 0) is 66.7 Å². The highest BCUT2D eigenvalue weighted by molar-refractivity contribution is 7.98. The first kappa shape index (κ1) is 33.4. The van der Waals surface area contributed by atoms with E-state index in [9.17, 15) is 9.59 Å². The standard InChI is InChI=1S/C32H45N5O7S/c1-29(2,3)43-27(38)37(28(39)44-30(4,5)6)24-21(12-11-15-33-24)19-36(7)25-22-20-42-31(18-23(22)34-26(35-25)45-8)13-9-10-14-32(31)40-16-17-41-32/h11-12,15H,9-10,13-14,16-20H2,1-8H3. The first-order chi connectivity index (χ1) is 21.2. The van der Waals surface area contributed by atoms with Crippen molar-refractivity contribution in [3.8, 4) is 0 Å². The third kappa shape index (κ3) is 7.06. The van der Waals surface area contributed by atoms with Gasteiger partial charge in [-0.3, -0.25) is 0 Å². The molecule has 5 rings (SSSR count). The monoisotopic (exact) mass is 643 g/mol. The van der Waals surface area contributed by atoms with E-state index in [2.05, 4.69) is 4.98 Å². The van der Waals surface area contributed by atoms with Crippen LogP contribution < -0.4 is 9.80 Å². The molecule has 2 aromatic rings. The van der Waals surface area contributed by atoms with E-state index in [1.54, 1.807) is 47.6 Å². The van der Waals surface area contributed by atoms with Crippen molar-refractivity contribution in [1.82, 2.24) is 15.0 Å². The van der Waals surface area contributed by atoms with Crippen molar-refractivity contribution in [3.05, 3.63) is 35.2 Å². The van der Waals surface area contributed by atoms with Gasteiger partial charge in [0.15, 0.2) is 16.8 Å². The van der Waals surface area contributed by atoms with Crippen LogP contribution in [0.5, 0.6) is 0 Å². The maximum absolute atomic E-state index is 13.4. The second-order valence-electron chi connectivity index (χ2n) is 13.7. The normalized spacial score (nSPS) is 21.0. The van der Waals surface area contributed by atoms with E-state index in [-0.39, 0.29) is 12.4 Å². The smallest absolute Gasteiger partial charge is 0.425 e. The van der Waals surface area contributed by atoms with Crippen LogP contribution in [-0.2, 0) is 43.3 Å². The zero-order valence-corrected chi connectivity index (χ0v) is 28.4. The highest BCUT2D eigenvalue weighted by atomic mass is 32.2. The summed E-state index contributed by atoms with van der Waals surface area (Å²) in [6, 6.07) is 3.57. The molecule has 4 heterocycles. The largest absolute Gasteiger partial charge is 0.443 e. The van der Waals surface area contributed by atoms with E-state index in [4.69, 9.17) is 33.7 Å². The van der Waals surface area contributed by atoms with E-state index in [0.29, 0.717) is 42.8 Å². The van der Waals surface area contributed by atoms with Gasteiger partial charge in [0.1, 0.15) is 22.6 Å². The van der Waals surface area contributed by atoms with Gasteiger partial charge in [-0.25, -0.2) is 24.5 Å². The molecule has 0 bridgehead atoms. The van der Waals surface area contributed by atoms with Gasteiger partial charge in [0.2, 0.25) is 0 Å². The van der Waals surface area contributed by atoms with Crippen LogP contribution in [0.1, 0.15) is 84.0 Å². The van der Waals surface area contributed by atoms with Crippen molar-refractivity contribution in [3.63, 3.8) is 0 Å². The summed E-state index contributed by atoms with van der Waals surface area (Å²) < 4.78 is 30.4. The van der Waals surface area contributed by atoms with E-state index < -0.39 is 34.8 Å². The Labute approximate surface area is 269 Å². The summed E-state index contributed by atoms with van der Waals surface area (Å²) >= 11 is 1.47. The van der Waals surface area contributed by atoms with Crippen molar-refractivity contribution < 1.29 is 33.3 Å². The van der Waals surface area contributed by atoms with Crippen LogP contribution in [0.25, 0.3) is 0 Å². The van der Waals surface area contributed by atoms with Crippen LogP contribution >= 0.6 is 11.8 Å². The number of fused-ring (bicyclic) bond motifs is 2. The fraction of sp³-hybridized carbons (Fsp3) is 0.656. The molecule has 1 saturated carbocycles. The molecule has 1 atom stereocenters. The number of imide groups is 1. The number of hydrogen-bond acceptors (Lipinski definition) is 12. The third-order valence-corrected chi connectivity index (χ3v) is 8.51. The van der Waals surface area contributed by atoms with Crippen LogP contribution in [-0.4, -0.2) is 76.2 Å². The average molecular weight is 644 g/mol. The molecule has 1 unspecified atom stereocenters. The Morgan fingerprint density at radius 3 is 2.22 bits per heavy atom. The molecule has 13 heteroatoms. The molecular formula is C32H45N5O7S. The number of thioether (sulfide) groups is 1. The van der Waals surface area contributed by atoms with Gasteiger partial charge in [-0.15, -0.1) is 0 Å². The molecule has 12 nitrogen and oxygen atoms in total. The fourth-order valence-electron chi connectivity index (χ4n) is 6.13. The summed E-state index contributed by atoms with van der Waals surface area (Å²) in [4.78, 5) is 43.9. The minimum absolute atomic E-state index is 0.121. The van der Waals surface area contributed by atoms with Crippen LogP contribution in [0.15, 0.2) is 23.5 Å². The van der Waals surface area contributed by atoms with Gasteiger partial charge in [-0.2, -0.15) is 4.90 Å². The SMILES string of the molecule is CSc1nc2c(c(N(C)Cc3cccnc3N(C(=O)OC(C)(C)C)C(=O)OC(C)(C)C)n1)COC1(CCCCC13OCCO3)C2. The van der Waals surface area contributed by atoms with Crippen LogP contribution in [0, 0.1) is 0 Å². The number of nitrogens with zero attached hydrogens (tertiary/aromatic N) is 5. The lowest BCUT2D eigenvalue weighted by Gasteiger charge is -2.51. The lowest BCUT2D eigenvalue weighted by Crippen LogP contribution is -2.61. The van der Waals surface area contributed by atoms with Gasteiger partial charge in [0.25, 0.3) is 0 Å². The van der Waals surface area contributed by atoms with Gasteiger partial charge < -0.3 is 28.6 Å². The van der Waals surface area contributed by atoms with E-state index in [0.717, 1.165) is 41.8 Å². The van der Waals surface area contributed by atoms with Crippen molar-refractivity contribution in [1.29, 1.82) is 0 Å². The molecule has 2 aromatic heterocycles. The third-order valence-electron chi connectivity index (χ3n) is 7.96. The number of hydrogen-bond donors (Lipinski definition) is 0. The number of pyridine rings is 1. The predicted octanol–water partition coefficient (Wildman–Crippen LogP) is 6.04. The van der Waals surface area contributed by atoms with Crippen LogP contribution in [0.3, 0.4) is 0 Å². The predicted molar refractivity (Wildman–Crippen MR) is 169 cm³/mol. The zero-order valence-electron chi connectivity index (χ0n) is 27.6. The molecule has 2 fully saturated rings. The van der Waals surface area contributed by atoms with Gasteiger partial charge in [0, 0.05) is 43.8 Å². The second-order valence-corrected chi connectivity index (χ2v) is 14.5. The van der Waals surface area contributed by atoms with Crippen molar-refractivity contribution in [2.75, 3.05) is 36.3 Å². The Morgan fingerprint density at radius 2 is 1.60 bits per heavy atom. The minimum Gasteiger partial charge on any atom is -0.443 e. The molecule has 2 amide bonds. The Kier molecular flexibility index (Phi) is 9.38. The minimum atomic E-state index is -0.875. The van der Waals surface area contributed by atoms with Crippen molar-refractivity contribution >= 4 is 35.6 Å². The summed E-state index contributed by atoms with van der Waals surface area (Å²) in [5.74, 6) is 0.0700. The van der Waals surface area contributed by atoms with E-state index >= 15 is 0 Å². The van der Waals surface area contributed by atoms with Crippen LogP contribution in [0.4, 0.5) is 21.2 Å². The van der Waals surface area contributed by atoms with E-state index in [1.807, 2.05) is 24.3 Å². The van der Waals surface area contributed by atoms with Gasteiger partial charge in [-0.1, -0.05) is 24.2 Å². The quantitative estimate of drug-likeness (QED) is 0.279. The van der Waals surface area contributed by atoms with Gasteiger partial charge in [0.05, 0.1) is 25.5 Å². The number of carbonyl (C=O) groups excluding carboxylic acids is 2. The Morgan fingerprint density at radius 1 is 0.956 bits per heavy atom. The first-order valence-electron chi connectivity index (χ1n) is 15.4. The second kappa shape index (κ2) is 12.7. The first-order valence-corrected chi connectivity index (χ1v) is 16.7. The highest BCUT2D eigenvalue weighted by Gasteiger charge is 2.60. The molecule has 2 aliphatic heterocycles. The number of carbonyl (C=O) groups is 2. The Bertz CT molecular complexity index is 1390. The molecule has 246 valence electrons. The highest BCUT2D eigenvalue weighted by Crippen LogP contribution is 2.50. The summed E-state index contributed by atoms with van der Waals surface area (Å²) in [5, 5.41) is 0.640. The maximum Gasteiger partial charge on any atom is 0.425 e. The number of aromatic nitrogens is 3. The number of anilines is 2. The molecule has 0 aromatic carbocycles. The summed E-state index contributed by atoms with van der Waals surface area (Å²) in [6.45, 7) is 12.1. The fourth-order valence-corrected chi connectivity index (χ4v) is 6.51. The average Bonchev–Trinajstić information content (AvgIpc) is 3.43. The molecular weight excluding hydrogens is 598 g/mol. The molecule has 45 heavy (non-hydrogen) atoms. The summed E-state index contributed by atoms with van der Waals surface area (Å²) in [7, 11) is 1.91. The molecule has 0 N–H and O–H groups in total. The molecule has 1 saturated heterocycles. The van der Waals surface area contributed by atoms with Crippen molar-refractivity contribution in [2.45, 2.75) is 115 Å². The van der Waals surface area contributed by atoms with E-state index in [1.165, 1.54) is 18.0 Å². The summed E-state index contributed by atoms with van der Waals surface area (Å²) in [6.07, 6.45) is 5.98. The maximum atomic E-state index is 13.4. The topological polar surface area (TPSA) is 125 Å². The van der Waals surface area contributed by atoms with Crippen LogP contribution in [0.2, 0.25) is 0 Å². The van der Waals surface area contributed by atoms with Crippen molar-refractivity contribution in [2.24, 2.45) is 0 Å². The molecule has 3 aliphatic rings. The lowest BCUT2D eigenvalue weighted by molar-refractivity contribution is -0.308.